The number of nitrogens with one attached hydrogen (secondary N) is 1. The minimum absolute atomic E-state index is 0.0668. The van der Waals surface area contributed by atoms with Gasteiger partial charge in [-0.1, -0.05) is 6.07 Å². The average Bonchev–Trinajstić information content (AvgIpc) is 3.17. The Bertz CT molecular complexity index is 671. The SMILES string of the molecule is Cc1ccc(N2CCC(C(=O)NC3CCC(N(C)C)C3)C2=O)cc1C. The lowest BCUT2D eigenvalue weighted by Gasteiger charge is -2.20. The van der Waals surface area contributed by atoms with Gasteiger partial charge in [0.2, 0.25) is 11.8 Å². The summed E-state index contributed by atoms with van der Waals surface area (Å²) < 4.78 is 0. The highest BCUT2D eigenvalue weighted by atomic mass is 16.2. The highest BCUT2D eigenvalue weighted by molar-refractivity contribution is 6.09. The number of hydrogen-bond donors (Lipinski definition) is 1. The van der Waals surface area contributed by atoms with Crippen molar-refractivity contribution in [3.05, 3.63) is 29.3 Å². The molecular formula is C20H29N3O2. The van der Waals surface area contributed by atoms with E-state index in [0.29, 0.717) is 19.0 Å². The number of carbonyl (C=O) groups is 2. The van der Waals surface area contributed by atoms with E-state index in [4.69, 9.17) is 0 Å². The molecule has 1 N–H and O–H groups in total. The van der Waals surface area contributed by atoms with Crippen LogP contribution in [0.2, 0.25) is 0 Å². The van der Waals surface area contributed by atoms with Crippen LogP contribution in [0.3, 0.4) is 0 Å². The normalized spacial score (nSPS) is 26.5. The fraction of sp³-hybridized carbons (Fsp3) is 0.600. The van der Waals surface area contributed by atoms with Gasteiger partial charge in [-0.2, -0.15) is 0 Å². The third kappa shape index (κ3) is 3.71. The second-order valence-corrected chi connectivity index (χ2v) is 7.74. The van der Waals surface area contributed by atoms with Gasteiger partial charge in [0.15, 0.2) is 0 Å². The number of benzene rings is 1. The number of rotatable bonds is 4. The Morgan fingerprint density at radius 3 is 2.56 bits per heavy atom. The molecule has 0 radical (unpaired) electrons. The first-order valence-corrected chi connectivity index (χ1v) is 9.22. The summed E-state index contributed by atoms with van der Waals surface area (Å²) in [6, 6.07) is 6.76. The van der Waals surface area contributed by atoms with E-state index in [1.54, 1.807) is 4.90 Å². The molecular weight excluding hydrogens is 314 g/mol. The molecule has 0 spiro atoms. The second-order valence-electron chi connectivity index (χ2n) is 7.74. The Hall–Kier alpha value is -1.88. The van der Waals surface area contributed by atoms with Gasteiger partial charge < -0.3 is 15.1 Å². The number of hydrogen-bond acceptors (Lipinski definition) is 3. The topological polar surface area (TPSA) is 52.7 Å². The van der Waals surface area contributed by atoms with Gasteiger partial charge in [0, 0.05) is 24.3 Å². The van der Waals surface area contributed by atoms with Crippen molar-refractivity contribution in [1.82, 2.24) is 10.2 Å². The Kier molecular flexibility index (Phi) is 5.13. The van der Waals surface area contributed by atoms with E-state index in [0.717, 1.165) is 24.9 Å². The first-order valence-electron chi connectivity index (χ1n) is 9.22. The van der Waals surface area contributed by atoms with Crippen LogP contribution in [0.25, 0.3) is 0 Å². The summed E-state index contributed by atoms with van der Waals surface area (Å²) in [5, 5.41) is 3.12. The van der Waals surface area contributed by atoms with Crippen molar-refractivity contribution < 1.29 is 9.59 Å². The minimum atomic E-state index is -0.542. The third-order valence-corrected chi connectivity index (χ3v) is 5.81. The summed E-state index contributed by atoms with van der Waals surface area (Å²) in [7, 11) is 4.16. The largest absolute Gasteiger partial charge is 0.353 e. The van der Waals surface area contributed by atoms with Gasteiger partial charge in [0.05, 0.1) is 0 Å². The molecule has 3 atom stereocenters. The molecule has 1 heterocycles. The predicted molar refractivity (Wildman–Crippen MR) is 99.6 cm³/mol. The zero-order valence-electron chi connectivity index (χ0n) is 15.7. The van der Waals surface area contributed by atoms with Crippen LogP contribution in [0.5, 0.6) is 0 Å². The molecule has 0 aromatic heterocycles. The lowest BCUT2D eigenvalue weighted by Crippen LogP contribution is -2.41. The molecule has 1 aromatic rings. The maximum absolute atomic E-state index is 12.7. The molecule has 2 amide bonds. The number of carbonyl (C=O) groups excluding carboxylic acids is 2. The standard InChI is InChI=1S/C20H29N3O2/c1-13-5-7-17(11-14(13)2)23-10-9-18(20(23)25)19(24)21-15-6-8-16(12-15)22(3)4/h5,7,11,15-16,18H,6,8-10,12H2,1-4H3,(H,21,24). The van der Waals surface area contributed by atoms with Crippen molar-refractivity contribution in [3.63, 3.8) is 0 Å². The molecule has 3 rings (SSSR count). The average molecular weight is 343 g/mol. The maximum Gasteiger partial charge on any atom is 0.239 e. The van der Waals surface area contributed by atoms with Gasteiger partial charge in [-0.25, -0.2) is 0 Å². The Labute approximate surface area is 150 Å². The van der Waals surface area contributed by atoms with Gasteiger partial charge in [-0.05, 0) is 76.9 Å². The van der Waals surface area contributed by atoms with Crippen LogP contribution in [-0.4, -0.2) is 49.4 Å². The van der Waals surface area contributed by atoms with Crippen LogP contribution >= 0.6 is 0 Å². The Balaban J connectivity index is 1.61. The fourth-order valence-electron chi connectivity index (χ4n) is 3.93. The smallest absolute Gasteiger partial charge is 0.239 e. The molecule has 2 aliphatic rings. The summed E-state index contributed by atoms with van der Waals surface area (Å²) >= 11 is 0. The predicted octanol–water partition coefficient (Wildman–Crippen LogP) is 2.26. The summed E-state index contributed by atoms with van der Waals surface area (Å²) in [5.74, 6) is -0.705. The molecule has 2 fully saturated rings. The lowest BCUT2D eigenvalue weighted by molar-refractivity contribution is -0.132. The van der Waals surface area contributed by atoms with E-state index in [1.807, 2.05) is 25.1 Å². The molecule has 1 saturated heterocycles. The number of nitrogens with zero attached hydrogens (tertiary/aromatic N) is 2. The highest BCUT2D eigenvalue weighted by Crippen LogP contribution is 2.28. The zero-order chi connectivity index (χ0) is 18.1. The van der Waals surface area contributed by atoms with Crippen LogP contribution in [0.4, 0.5) is 5.69 Å². The van der Waals surface area contributed by atoms with Crippen molar-refractivity contribution in [2.75, 3.05) is 25.5 Å². The Morgan fingerprint density at radius 1 is 1.16 bits per heavy atom. The molecule has 5 heteroatoms. The summed E-state index contributed by atoms with van der Waals surface area (Å²) in [6.07, 6.45) is 3.67. The van der Waals surface area contributed by atoms with E-state index in [2.05, 4.69) is 31.2 Å². The number of aryl methyl sites for hydroxylation is 2. The summed E-state index contributed by atoms with van der Waals surface area (Å²) in [5.41, 5.74) is 3.28. The second kappa shape index (κ2) is 7.16. The zero-order valence-corrected chi connectivity index (χ0v) is 15.7. The van der Waals surface area contributed by atoms with Crippen molar-refractivity contribution >= 4 is 17.5 Å². The number of anilines is 1. The van der Waals surface area contributed by atoms with Crippen molar-refractivity contribution in [1.29, 1.82) is 0 Å². The third-order valence-electron chi connectivity index (χ3n) is 5.81. The number of amides is 2. The van der Waals surface area contributed by atoms with Crippen LogP contribution in [0.1, 0.15) is 36.8 Å². The monoisotopic (exact) mass is 343 g/mol. The van der Waals surface area contributed by atoms with E-state index < -0.39 is 5.92 Å². The molecule has 0 bridgehead atoms. The van der Waals surface area contributed by atoms with E-state index >= 15 is 0 Å². The minimum Gasteiger partial charge on any atom is -0.353 e. The van der Waals surface area contributed by atoms with Gasteiger partial charge in [0.25, 0.3) is 0 Å². The van der Waals surface area contributed by atoms with Crippen LogP contribution in [0, 0.1) is 19.8 Å². The fourth-order valence-corrected chi connectivity index (χ4v) is 3.93. The van der Waals surface area contributed by atoms with Crippen LogP contribution in [-0.2, 0) is 9.59 Å². The first kappa shape index (κ1) is 17.9. The highest BCUT2D eigenvalue weighted by Gasteiger charge is 2.39. The van der Waals surface area contributed by atoms with E-state index in [9.17, 15) is 9.59 Å². The van der Waals surface area contributed by atoms with Crippen molar-refractivity contribution in [2.24, 2.45) is 5.92 Å². The molecule has 1 saturated carbocycles. The van der Waals surface area contributed by atoms with Gasteiger partial charge in [-0.3, -0.25) is 9.59 Å². The molecule has 1 aliphatic carbocycles. The van der Waals surface area contributed by atoms with Gasteiger partial charge in [-0.15, -0.1) is 0 Å². The first-order chi connectivity index (χ1) is 11.9. The lowest BCUT2D eigenvalue weighted by atomic mass is 10.1. The summed E-state index contributed by atoms with van der Waals surface area (Å²) in [6.45, 7) is 4.72. The van der Waals surface area contributed by atoms with Gasteiger partial charge in [0.1, 0.15) is 5.92 Å². The van der Waals surface area contributed by atoms with Crippen LogP contribution < -0.4 is 10.2 Å². The van der Waals surface area contributed by atoms with Gasteiger partial charge >= 0.3 is 0 Å². The molecule has 5 nitrogen and oxygen atoms in total. The van der Waals surface area contributed by atoms with Crippen molar-refractivity contribution in [3.8, 4) is 0 Å². The molecule has 1 aromatic carbocycles. The molecule has 136 valence electrons. The van der Waals surface area contributed by atoms with E-state index in [-0.39, 0.29) is 17.9 Å². The molecule has 3 unspecified atom stereocenters. The van der Waals surface area contributed by atoms with E-state index in [1.165, 1.54) is 11.1 Å². The maximum atomic E-state index is 12.7. The molecule has 1 aliphatic heterocycles. The molecule has 25 heavy (non-hydrogen) atoms. The quantitative estimate of drug-likeness (QED) is 0.853. The summed E-state index contributed by atoms with van der Waals surface area (Å²) in [4.78, 5) is 29.3. The Morgan fingerprint density at radius 2 is 1.92 bits per heavy atom. The van der Waals surface area contributed by atoms with Crippen molar-refractivity contribution in [2.45, 2.75) is 51.6 Å². The van der Waals surface area contributed by atoms with Crippen LogP contribution in [0.15, 0.2) is 18.2 Å².